The lowest BCUT2D eigenvalue weighted by atomic mass is 10.0. The molecule has 0 fully saturated rings. The molecule has 0 atom stereocenters. The lowest BCUT2D eigenvalue weighted by Gasteiger charge is -2.21. The smallest absolute Gasteiger partial charge is 0.320 e. The summed E-state index contributed by atoms with van der Waals surface area (Å²) >= 11 is 0. The number of aliphatic imine (C=N–C) groups is 1. The van der Waals surface area contributed by atoms with Crippen LogP contribution in [0.2, 0.25) is 0 Å². The second-order valence-electron chi connectivity index (χ2n) is 10.1. The molecule has 1 aromatic carbocycles. The summed E-state index contributed by atoms with van der Waals surface area (Å²) in [4.78, 5) is 30.4. The number of carbonyl (C=O) groups is 1. The van der Waals surface area contributed by atoms with Gasteiger partial charge in [0.25, 0.3) is 0 Å². The van der Waals surface area contributed by atoms with E-state index in [2.05, 4.69) is 41.2 Å². The zero-order chi connectivity index (χ0) is 29.6. The molecule has 0 spiro atoms. The quantitative estimate of drug-likeness (QED) is 0.132. The van der Waals surface area contributed by atoms with Gasteiger partial charge in [-0.1, -0.05) is 5.21 Å². The number of rotatable bonds is 10. The minimum atomic E-state index is -0.452. The Kier molecular flexibility index (Phi) is 10.3. The van der Waals surface area contributed by atoms with E-state index < -0.39 is 11.6 Å². The van der Waals surface area contributed by atoms with E-state index >= 15 is 0 Å². The number of ether oxygens (including phenoxy) is 2. The molecule has 224 valence electrons. The second kappa shape index (κ2) is 13.6. The Hall–Kier alpha value is -4.92. The summed E-state index contributed by atoms with van der Waals surface area (Å²) in [7, 11) is 3.14. The number of halogens is 1. The van der Waals surface area contributed by atoms with Crippen molar-refractivity contribution in [2.45, 2.75) is 39.4 Å². The Morgan fingerprint density at radius 2 is 1.79 bits per heavy atom. The number of nitrogens with two attached hydrogens (primary N) is 2. The molecule has 4 aromatic rings. The Bertz CT molecular complexity index is 1540. The number of amides is 2. The van der Waals surface area contributed by atoms with Crippen molar-refractivity contribution in [3.05, 3.63) is 42.4 Å². The fourth-order valence-corrected chi connectivity index (χ4v) is 3.79. The first-order valence-corrected chi connectivity index (χ1v) is 12.7. The summed E-state index contributed by atoms with van der Waals surface area (Å²) in [6.07, 6.45) is 3.43. The van der Waals surface area contributed by atoms with Crippen molar-refractivity contribution in [2.75, 3.05) is 31.4 Å². The minimum absolute atomic E-state index is 0. The number of methoxy groups -OCH3 is 2. The molecule has 0 unspecified atom stereocenters. The third kappa shape index (κ3) is 8.54. The zero-order valence-corrected chi connectivity index (χ0v) is 24.8. The Morgan fingerprint density at radius 1 is 1.07 bits per heavy atom. The largest absolute Gasteiger partial charge is 0.497 e. The number of hydrogen-bond acceptors (Lipinski definition) is 10. The summed E-state index contributed by atoms with van der Waals surface area (Å²) in [6, 6.07) is 6.88. The van der Waals surface area contributed by atoms with Crippen LogP contribution in [0.1, 0.15) is 26.5 Å². The summed E-state index contributed by atoms with van der Waals surface area (Å²) in [5.41, 5.74) is 12.7. The number of urea groups is 1. The summed E-state index contributed by atoms with van der Waals surface area (Å²) in [5.74, 6) is 1.85. The number of benzene rings is 1. The van der Waals surface area contributed by atoms with Crippen LogP contribution in [-0.2, 0) is 13.1 Å². The van der Waals surface area contributed by atoms with Crippen LogP contribution in [0, 0.1) is 0 Å². The highest BCUT2D eigenvalue weighted by Gasteiger charge is 2.19. The van der Waals surface area contributed by atoms with Crippen molar-refractivity contribution < 1.29 is 14.3 Å². The molecular formula is C26H35ClN12O3. The highest BCUT2D eigenvalue weighted by atomic mass is 35.5. The molecule has 0 aliphatic carbocycles. The van der Waals surface area contributed by atoms with Gasteiger partial charge in [-0.25, -0.2) is 14.8 Å². The molecule has 4 rings (SSSR count). The van der Waals surface area contributed by atoms with Gasteiger partial charge in [-0.05, 0) is 44.5 Å². The van der Waals surface area contributed by atoms with Crippen LogP contribution >= 0.6 is 12.4 Å². The molecule has 42 heavy (non-hydrogen) atoms. The average Bonchev–Trinajstić information content (AvgIpc) is 3.37. The number of carbonyl (C=O) groups excluding carboxylic acids is 1. The van der Waals surface area contributed by atoms with Crippen molar-refractivity contribution in [1.29, 1.82) is 0 Å². The van der Waals surface area contributed by atoms with Gasteiger partial charge in [0.05, 0.1) is 40.1 Å². The predicted molar refractivity (Wildman–Crippen MR) is 163 cm³/mol. The molecule has 0 radical (unpaired) electrons. The summed E-state index contributed by atoms with van der Waals surface area (Å²) in [5, 5.41) is 17.7. The van der Waals surface area contributed by atoms with E-state index in [1.165, 1.54) is 0 Å². The first-order valence-electron chi connectivity index (χ1n) is 12.7. The average molecular weight is 599 g/mol. The van der Waals surface area contributed by atoms with Crippen LogP contribution in [0.25, 0.3) is 22.2 Å². The van der Waals surface area contributed by atoms with Gasteiger partial charge in [-0.3, -0.25) is 15.0 Å². The van der Waals surface area contributed by atoms with Gasteiger partial charge in [0.1, 0.15) is 23.0 Å². The van der Waals surface area contributed by atoms with Gasteiger partial charge in [-0.2, -0.15) is 4.98 Å². The number of anilines is 2. The molecule has 15 nitrogen and oxygen atoms in total. The molecule has 0 bridgehead atoms. The molecular weight excluding hydrogens is 564 g/mol. The van der Waals surface area contributed by atoms with Crippen LogP contribution in [0.4, 0.5) is 16.6 Å². The highest BCUT2D eigenvalue weighted by molar-refractivity contribution is 5.96. The maximum atomic E-state index is 12.8. The van der Waals surface area contributed by atoms with E-state index in [-0.39, 0.29) is 18.4 Å². The van der Waals surface area contributed by atoms with Crippen LogP contribution in [0.3, 0.4) is 0 Å². The highest BCUT2D eigenvalue weighted by Crippen LogP contribution is 2.35. The van der Waals surface area contributed by atoms with Crippen LogP contribution in [0.5, 0.6) is 11.5 Å². The number of pyridine rings is 1. The van der Waals surface area contributed by atoms with Crippen molar-refractivity contribution in [3.63, 3.8) is 0 Å². The number of guanidine groups is 1. The second-order valence-corrected chi connectivity index (χ2v) is 10.1. The summed E-state index contributed by atoms with van der Waals surface area (Å²) in [6.45, 7) is 6.88. The Labute approximate surface area is 248 Å². The maximum Gasteiger partial charge on any atom is 0.320 e. The van der Waals surface area contributed by atoms with E-state index in [4.69, 9.17) is 25.9 Å². The SMILES string of the molecule is COc1cc(OC)cc(-c2cc3cnc(NCc4cn(CCN=C(N)N)nn4)nc3nc2NC(=O)NC(C)(C)C)c1.Cl. The normalized spacial score (nSPS) is 10.9. The Balaban J connectivity index is 0.00000484. The van der Waals surface area contributed by atoms with Crippen LogP contribution in [0.15, 0.2) is 41.7 Å². The fourth-order valence-electron chi connectivity index (χ4n) is 3.79. The molecule has 16 heteroatoms. The van der Waals surface area contributed by atoms with Gasteiger partial charge in [0.15, 0.2) is 11.6 Å². The van der Waals surface area contributed by atoms with E-state index in [1.807, 2.05) is 39.0 Å². The molecule has 0 saturated carbocycles. The molecule has 0 saturated heterocycles. The van der Waals surface area contributed by atoms with Gasteiger partial charge >= 0.3 is 6.03 Å². The summed E-state index contributed by atoms with van der Waals surface area (Å²) < 4.78 is 12.5. The van der Waals surface area contributed by atoms with E-state index in [0.717, 1.165) is 5.56 Å². The van der Waals surface area contributed by atoms with Gasteiger partial charge in [0.2, 0.25) is 5.95 Å². The number of hydrogen-bond donors (Lipinski definition) is 5. The lowest BCUT2D eigenvalue weighted by Crippen LogP contribution is -2.43. The predicted octanol–water partition coefficient (Wildman–Crippen LogP) is 2.53. The molecule has 7 N–H and O–H groups in total. The number of nitrogens with zero attached hydrogens (tertiary/aromatic N) is 7. The minimum Gasteiger partial charge on any atom is -0.497 e. The van der Waals surface area contributed by atoms with Crippen molar-refractivity contribution in [2.24, 2.45) is 16.5 Å². The van der Waals surface area contributed by atoms with Crippen molar-refractivity contribution >= 4 is 47.2 Å². The molecule has 3 aromatic heterocycles. The number of fused-ring (bicyclic) bond motifs is 1. The lowest BCUT2D eigenvalue weighted by molar-refractivity contribution is 0.243. The standard InChI is InChI=1S/C26H34N12O3.ClH/c1-26(2,3)35-25(39)34-22-20(15-8-18(40-4)11-19(9-15)41-5)10-16-12-30-24(33-21(16)32-22)31-13-17-14-38(37-36-17)7-6-29-23(27)28;/h8-12,14H,6-7,13H2,1-5H3,(H4,27,28,29)(H3,30,31,32,33,34,35,39);1H. The van der Waals surface area contributed by atoms with E-state index in [9.17, 15) is 4.79 Å². The first-order chi connectivity index (χ1) is 19.5. The number of aromatic nitrogens is 6. The molecule has 2 amide bonds. The van der Waals surface area contributed by atoms with Crippen molar-refractivity contribution in [3.8, 4) is 22.6 Å². The molecule has 0 aliphatic heterocycles. The fraction of sp³-hybridized carbons (Fsp3) is 0.346. The third-order valence-corrected chi connectivity index (χ3v) is 5.59. The Morgan fingerprint density at radius 3 is 2.43 bits per heavy atom. The first kappa shape index (κ1) is 31.6. The zero-order valence-electron chi connectivity index (χ0n) is 24.0. The molecule has 0 aliphatic rings. The van der Waals surface area contributed by atoms with Crippen molar-refractivity contribution in [1.82, 2.24) is 35.3 Å². The van der Waals surface area contributed by atoms with Gasteiger partial charge < -0.3 is 31.6 Å². The topological polar surface area (TPSA) is 205 Å². The monoisotopic (exact) mass is 598 g/mol. The van der Waals surface area contributed by atoms with E-state index in [1.54, 1.807) is 37.4 Å². The maximum absolute atomic E-state index is 12.8. The van der Waals surface area contributed by atoms with E-state index in [0.29, 0.717) is 65.2 Å². The third-order valence-electron chi connectivity index (χ3n) is 5.59. The molecule has 3 heterocycles. The van der Waals surface area contributed by atoms with Gasteiger partial charge in [0, 0.05) is 28.8 Å². The number of nitrogens with one attached hydrogen (secondary N) is 3. The van der Waals surface area contributed by atoms with Gasteiger partial charge in [-0.15, -0.1) is 17.5 Å². The van der Waals surface area contributed by atoms with Crippen LogP contribution < -0.4 is 36.9 Å². The van der Waals surface area contributed by atoms with Crippen LogP contribution in [-0.4, -0.2) is 68.2 Å².